The van der Waals surface area contributed by atoms with Crippen molar-refractivity contribution >= 4 is 0 Å². The molecule has 2 saturated carbocycles. The van der Waals surface area contributed by atoms with E-state index in [-0.39, 0.29) is 0 Å². The molecule has 0 spiro atoms. The summed E-state index contributed by atoms with van der Waals surface area (Å²) in [6.07, 6.45) is 14.8. The fourth-order valence-electron chi connectivity index (χ4n) is 4.38. The normalized spacial score (nSPS) is 33.5. The van der Waals surface area contributed by atoms with Gasteiger partial charge in [-0.2, -0.15) is 0 Å². The molecule has 2 aliphatic carbocycles. The van der Waals surface area contributed by atoms with Gasteiger partial charge in [0.15, 0.2) is 0 Å². The molecular formula is C16H31N. The van der Waals surface area contributed by atoms with Crippen LogP contribution in [-0.2, 0) is 0 Å². The van der Waals surface area contributed by atoms with Crippen molar-refractivity contribution < 1.29 is 0 Å². The minimum Gasteiger partial charge on any atom is -0.316 e. The molecule has 2 fully saturated rings. The zero-order valence-electron chi connectivity index (χ0n) is 11.9. The predicted octanol–water partition coefficient (Wildman–Crippen LogP) is 4.37. The van der Waals surface area contributed by atoms with Gasteiger partial charge in [-0.05, 0) is 50.5 Å². The van der Waals surface area contributed by atoms with Crippen molar-refractivity contribution in [1.29, 1.82) is 0 Å². The molecule has 0 amide bonds. The first kappa shape index (κ1) is 13.4. The van der Waals surface area contributed by atoms with Crippen LogP contribution in [0.15, 0.2) is 0 Å². The maximum Gasteiger partial charge on any atom is 0.0121 e. The lowest BCUT2D eigenvalue weighted by molar-refractivity contribution is 0.151. The van der Waals surface area contributed by atoms with E-state index < -0.39 is 0 Å². The molecule has 0 bridgehead atoms. The highest BCUT2D eigenvalue weighted by Crippen LogP contribution is 2.38. The van der Waals surface area contributed by atoms with Crippen molar-refractivity contribution in [3.05, 3.63) is 0 Å². The Morgan fingerprint density at radius 2 is 1.65 bits per heavy atom. The average molecular weight is 237 g/mol. The Hall–Kier alpha value is -0.0400. The first-order chi connectivity index (χ1) is 8.35. The smallest absolute Gasteiger partial charge is 0.0121 e. The second-order valence-electron chi connectivity index (χ2n) is 6.41. The highest BCUT2D eigenvalue weighted by molar-refractivity contribution is 4.87. The third-order valence-electron chi connectivity index (χ3n) is 5.40. The van der Waals surface area contributed by atoms with Crippen LogP contribution in [0.4, 0.5) is 0 Å². The second kappa shape index (κ2) is 6.78. The van der Waals surface area contributed by atoms with Gasteiger partial charge in [0, 0.05) is 6.04 Å². The fourth-order valence-corrected chi connectivity index (χ4v) is 4.38. The molecule has 0 aromatic heterocycles. The van der Waals surface area contributed by atoms with Gasteiger partial charge in [-0.25, -0.2) is 0 Å². The van der Waals surface area contributed by atoms with Gasteiger partial charge < -0.3 is 5.32 Å². The lowest BCUT2D eigenvalue weighted by atomic mass is 9.71. The zero-order valence-corrected chi connectivity index (χ0v) is 11.9. The molecule has 100 valence electrons. The van der Waals surface area contributed by atoms with Crippen LogP contribution in [0.1, 0.15) is 71.1 Å². The average Bonchev–Trinajstić information content (AvgIpc) is 2.41. The summed E-state index contributed by atoms with van der Waals surface area (Å²) < 4.78 is 0. The van der Waals surface area contributed by atoms with Gasteiger partial charge in [0.2, 0.25) is 0 Å². The summed E-state index contributed by atoms with van der Waals surface area (Å²) in [6, 6.07) is 0.824. The topological polar surface area (TPSA) is 12.0 Å². The lowest BCUT2D eigenvalue weighted by Gasteiger charge is -2.39. The van der Waals surface area contributed by atoms with Gasteiger partial charge in [0.05, 0.1) is 0 Å². The minimum absolute atomic E-state index is 0.824. The van der Waals surface area contributed by atoms with E-state index in [9.17, 15) is 0 Å². The van der Waals surface area contributed by atoms with Crippen LogP contribution in [0.25, 0.3) is 0 Å². The Bertz CT molecular complexity index is 208. The molecule has 2 rings (SSSR count). The summed E-state index contributed by atoms with van der Waals surface area (Å²) in [5, 5.41) is 3.69. The first-order valence-electron chi connectivity index (χ1n) is 8.02. The number of hydrogen-bond acceptors (Lipinski definition) is 1. The van der Waals surface area contributed by atoms with E-state index in [4.69, 9.17) is 0 Å². The largest absolute Gasteiger partial charge is 0.316 e. The van der Waals surface area contributed by atoms with Crippen LogP contribution < -0.4 is 5.32 Å². The molecule has 2 aliphatic rings. The quantitative estimate of drug-likeness (QED) is 0.765. The summed E-state index contributed by atoms with van der Waals surface area (Å²) in [5.41, 5.74) is 0. The van der Waals surface area contributed by atoms with Crippen molar-refractivity contribution in [2.24, 2.45) is 17.8 Å². The number of hydrogen-bond donors (Lipinski definition) is 1. The van der Waals surface area contributed by atoms with E-state index >= 15 is 0 Å². The summed E-state index contributed by atoms with van der Waals surface area (Å²) in [4.78, 5) is 0. The monoisotopic (exact) mass is 237 g/mol. The Morgan fingerprint density at radius 1 is 0.941 bits per heavy atom. The summed E-state index contributed by atoms with van der Waals surface area (Å²) in [7, 11) is 2.20. The molecule has 1 nitrogen and oxygen atoms in total. The molecular weight excluding hydrogens is 206 g/mol. The van der Waals surface area contributed by atoms with Gasteiger partial charge >= 0.3 is 0 Å². The van der Waals surface area contributed by atoms with Crippen molar-refractivity contribution in [3.8, 4) is 0 Å². The molecule has 0 radical (unpaired) electrons. The number of rotatable bonds is 4. The first-order valence-corrected chi connectivity index (χ1v) is 8.02. The van der Waals surface area contributed by atoms with Crippen LogP contribution in [0.5, 0.6) is 0 Å². The molecule has 0 heterocycles. The standard InChI is InChI=1S/C16H31N/c1-3-13-8-7-11-15(12-13)16(17-2)14-9-5-4-6-10-14/h13-17H,3-12H2,1-2H3. The summed E-state index contributed by atoms with van der Waals surface area (Å²) >= 11 is 0. The van der Waals surface area contributed by atoms with Crippen LogP contribution >= 0.6 is 0 Å². The van der Waals surface area contributed by atoms with Crippen LogP contribution in [0.3, 0.4) is 0 Å². The third kappa shape index (κ3) is 3.47. The van der Waals surface area contributed by atoms with Gasteiger partial charge in [-0.3, -0.25) is 0 Å². The van der Waals surface area contributed by atoms with E-state index in [2.05, 4.69) is 19.3 Å². The van der Waals surface area contributed by atoms with Gasteiger partial charge in [0.1, 0.15) is 0 Å². The van der Waals surface area contributed by atoms with E-state index in [1.54, 1.807) is 0 Å². The van der Waals surface area contributed by atoms with Crippen molar-refractivity contribution in [3.63, 3.8) is 0 Å². The van der Waals surface area contributed by atoms with Crippen LogP contribution in [0, 0.1) is 17.8 Å². The Labute approximate surface area is 108 Å². The molecule has 0 aromatic rings. The Balaban J connectivity index is 1.91. The fraction of sp³-hybridized carbons (Fsp3) is 1.00. The number of nitrogens with one attached hydrogen (secondary N) is 1. The molecule has 0 aliphatic heterocycles. The maximum absolute atomic E-state index is 3.69. The molecule has 0 saturated heterocycles. The third-order valence-corrected chi connectivity index (χ3v) is 5.40. The van der Waals surface area contributed by atoms with Crippen LogP contribution in [-0.4, -0.2) is 13.1 Å². The van der Waals surface area contributed by atoms with E-state index in [0.29, 0.717) is 0 Å². The van der Waals surface area contributed by atoms with Crippen molar-refractivity contribution in [2.75, 3.05) is 7.05 Å². The van der Waals surface area contributed by atoms with E-state index in [0.717, 1.165) is 23.8 Å². The molecule has 0 aromatic carbocycles. The van der Waals surface area contributed by atoms with Gasteiger partial charge in [-0.15, -0.1) is 0 Å². The highest BCUT2D eigenvalue weighted by Gasteiger charge is 2.32. The van der Waals surface area contributed by atoms with Gasteiger partial charge in [-0.1, -0.05) is 45.4 Å². The van der Waals surface area contributed by atoms with E-state index in [1.807, 2.05) is 0 Å². The lowest BCUT2D eigenvalue weighted by Crippen LogP contribution is -2.43. The van der Waals surface area contributed by atoms with E-state index in [1.165, 1.54) is 64.2 Å². The zero-order chi connectivity index (χ0) is 12.1. The maximum atomic E-state index is 3.69. The molecule has 17 heavy (non-hydrogen) atoms. The molecule has 3 atom stereocenters. The van der Waals surface area contributed by atoms with Crippen molar-refractivity contribution in [1.82, 2.24) is 5.32 Å². The van der Waals surface area contributed by atoms with Crippen LogP contribution in [0.2, 0.25) is 0 Å². The second-order valence-corrected chi connectivity index (χ2v) is 6.41. The molecule has 1 heteroatoms. The predicted molar refractivity (Wildman–Crippen MR) is 75.2 cm³/mol. The van der Waals surface area contributed by atoms with Gasteiger partial charge in [0.25, 0.3) is 0 Å². The molecule has 1 N–H and O–H groups in total. The highest BCUT2D eigenvalue weighted by atomic mass is 14.9. The summed E-state index contributed by atoms with van der Waals surface area (Å²) in [6.45, 7) is 2.38. The Morgan fingerprint density at radius 3 is 2.29 bits per heavy atom. The minimum atomic E-state index is 0.824. The molecule has 3 unspecified atom stereocenters. The van der Waals surface area contributed by atoms with Crippen molar-refractivity contribution in [2.45, 2.75) is 77.2 Å². The summed E-state index contributed by atoms with van der Waals surface area (Å²) in [5.74, 6) is 2.98. The SMILES string of the molecule is CCC1CCCC(C(NC)C2CCCCC2)C1. The Kier molecular flexibility index (Phi) is 5.34.